The smallest absolute Gasteiger partial charge is 0.347 e. The summed E-state index contributed by atoms with van der Waals surface area (Å²) in [7, 11) is 0. The average Bonchev–Trinajstić information content (AvgIpc) is 2.47. The second-order valence-corrected chi connectivity index (χ2v) is 5.49. The minimum Gasteiger partial charge on any atom is -0.397 e. The quantitative estimate of drug-likeness (QED) is 0.686. The van der Waals surface area contributed by atoms with E-state index < -0.39 is 0 Å². The highest BCUT2D eigenvalue weighted by molar-refractivity contribution is 7.98. The van der Waals surface area contributed by atoms with E-state index in [1.54, 1.807) is 12.1 Å². The van der Waals surface area contributed by atoms with Gasteiger partial charge in [0.15, 0.2) is 0 Å². The van der Waals surface area contributed by atoms with Crippen LogP contribution in [0.2, 0.25) is 0 Å². The van der Waals surface area contributed by atoms with Crippen LogP contribution in [-0.4, -0.2) is 4.98 Å². The molecule has 0 aliphatic heterocycles. The van der Waals surface area contributed by atoms with Crippen LogP contribution in [0.4, 0.5) is 0 Å². The van der Waals surface area contributed by atoms with Crippen molar-refractivity contribution >= 4 is 22.7 Å². The predicted octanol–water partition coefficient (Wildman–Crippen LogP) is 3.79. The van der Waals surface area contributed by atoms with Crippen molar-refractivity contribution in [2.24, 2.45) is 0 Å². The lowest BCUT2D eigenvalue weighted by Gasteiger charge is -2.02. The Morgan fingerprint density at radius 2 is 1.85 bits per heavy atom. The Morgan fingerprint density at radius 1 is 1.10 bits per heavy atom. The molecule has 0 radical (unpaired) electrons. The standard InChI is InChI=1S/C16H13NO2S/c1-11-6-8-12(9-7-11)10-20-16-17-14-5-3-2-4-13(14)15(18)19-16/h2-9H,10H2,1H3. The number of nitrogens with zero attached hydrogens (tertiary/aromatic N) is 1. The summed E-state index contributed by atoms with van der Waals surface area (Å²) in [5.41, 5.74) is 2.75. The third-order valence-electron chi connectivity index (χ3n) is 3.00. The van der Waals surface area contributed by atoms with Gasteiger partial charge in [0.05, 0.1) is 10.9 Å². The molecule has 0 saturated heterocycles. The van der Waals surface area contributed by atoms with Crippen LogP contribution < -0.4 is 5.63 Å². The van der Waals surface area contributed by atoms with Crippen LogP contribution in [0, 0.1) is 6.92 Å². The third-order valence-corrected chi connectivity index (χ3v) is 3.90. The molecule has 3 aromatic rings. The molecule has 100 valence electrons. The van der Waals surface area contributed by atoms with Crippen molar-refractivity contribution < 1.29 is 4.42 Å². The van der Waals surface area contributed by atoms with Crippen LogP contribution in [0.5, 0.6) is 0 Å². The summed E-state index contributed by atoms with van der Waals surface area (Å²) in [6, 6.07) is 15.5. The number of hydrogen-bond donors (Lipinski definition) is 0. The van der Waals surface area contributed by atoms with E-state index in [1.807, 2.05) is 12.1 Å². The Labute approximate surface area is 120 Å². The Kier molecular flexibility index (Phi) is 3.56. The zero-order chi connectivity index (χ0) is 13.9. The second-order valence-electron chi connectivity index (χ2n) is 4.56. The van der Waals surface area contributed by atoms with Crippen molar-refractivity contribution in [3.8, 4) is 0 Å². The van der Waals surface area contributed by atoms with E-state index in [9.17, 15) is 4.79 Å². The number of rotatable bonds is 3. The molecule has 0 aliphatic carbocycles. The summed E-state index contributed by atoms with van der Waals surface area (Å²) in [5, 5.41) is 0.932. The highest BCUT2D eigenvalue weighted by Gasteiger charge is 2.06. The van der Waals surface area contributed by atoms with Crippen molar-refractivity contribution in [3.05, 3.63) is 70.1 Å². The molecule has 0 fully saturated rings. The van der Waals surface area contributed by atoms with Gasteiger partial charge in [-0.1, -0.05) is 53.7 Å². The maximum absolute atomic E-state index is 11.8. The van der Waals surface area contributed by atoms with Gasteiger partial charge in [0, 0.05) is 5.75 Å². The number of aromatic nitrogens is 1. The molecule has 3 rings (SSSR count). The second kappa shape index (κ2) is 5.51. The summed E-state index contributed by atoms with van der Waals surface area (Å²) in [4.78, 5) is 16.2. The van der Waals surface area contributed by atoms with Gasteiger partial charge >= 0.3 is 5.63 Å². The van der Waals surface area contributed by atoms with Crippen LogP contribution in [-0.2, 0) is 5.75 Å². The number of aryl methyl sites for hydroxylation is 1. The van der Waals surface area contributed by atoms with Gasteiger partial charge in [-0.25, -0.2) is 9.78 Å². The number of benzene rings is 2. The summed E-state index contributed by atoms with van der Waals surface area (Å²) in [5.74, 6) is 0.731. The highest BCUT2D eigenvalue weighted by Crippen LogP contribution is 2.21. The molecule has 0 atom stereocenters. The molecule has 0 N–H and O–H groups in total. The minimum atomic E-state index is -0.331. The fourth-order valence-corrected chi connectivity index (χ4v) is 2.67. The van der Waals surface area contributed by atoms with E-state index >= 15 is 0 Å². The molecular formula is C16H13NO2S. The molecule has 0 aliphatic rings. The summed E-state index contributed by atoms with van der Waals surface area (Å²) < 4.78 is 5.23. The maximum atomic E-state index is 11.8. The number of thioether (sulfide) groups is 1. The predicted molar refractivity (Wildman–Crippen MR) is 81.0 cm³/mol. The molecule has 0 unspecified atom stereocenters. The normalized spacial score (nSPS) is 10.8. The number of fused-ring (bicyclic) bond motifs is 1. The number of para-hydroxylation sites is 1. The van der Waals surface area contributed by atoms with E-state index in [-0.39, 0.29) is 5.63 Å². The van der Waals surface area contributed by atoms with E-state index in [4.69, 9.17) is 4.42 Å². The molecule has 20 heavy (non-hydrogen) atoms. The van der Waals surface area contributed by atoms with E-state index in [0.717, 1.165) is 5.75 Å². The fraction of sp³-hybridized carbons (Fsp3) is 0.125. The molecule has 0 spiro atoms. The first-order valence-corrected chi connectivity index (χ1v) is 7.29. The lowest BCUT2D eigenvalue weighted by molar-refractivity contribution is 0.401. The third kappa shape index (κ3) is 2.75. The molecule has 2 aromatic carbocycles. The van der Waals surface area contributed by atoms with Crippen molar-refractivity contribution in [2.75, 3.05) is 0 Å². The van der Waals surface area contributed by atoms with E-state index in [0.29, 0.717) is 16.1 Å². The van der Waals surface area contributed by atoms with Crippen LogP contribution in [0.25, 0.3) is 10.9 Å². The number of hydrogen-bond acceptors (Lipinski definition) is 4. The minimum absolute atomic E-state index is 0.331. The van der Waals surface area contributed by atoms with Gasteiger partial charge in [0.2, 0.25) is 0 Å². The summed E-state index contributed by atoms with van der Waals surface area (Å²) in [6.07, 6.45) is 0. The van der Waals surface area contributed by atoms with E-state index in [1.165, 1.54) is 22.9 Å². The monoisotopic (exact) mass is 283 g/mol. The molecule has 1 heterocycles. The lowest BCUT2D eigenvalue weighted by Crippen LogP contribution is -2.02. The molecule has 3 nitrogen and oxygen atoms in total. The van der Waals surface area contributed by atoms with Crippen LogP contribution in [0.15, 0.2) is 63.0 Å². The van der Waals surface area contributed by atoms with Crippen molar-refractivity contribution in [1.29, 1.82) is 0 Å². The average molecular weight is 283 g/mol. The van der Waals surface area contributed by atoms with Crippen molar-refractivity contribution in [1.82, 2.24) is 4.98 Å². The van der Waals surface area contributed by atoms with Crippen LogP contribution in [0.1, 0.15) is 11.1 Å². The maximum Gasteiger partial charge on any atom is 0.347 e. The molecule has 0 amide bonds. The van der Waals surface area contributed by atoms with Crippen LogP contribution in [0.3, 0.4) is 0 Å². The topological polar surface area (TPSA) is 43.1 Å². The molecule has 4 heteroatoms. The fourth-order valence-electron chi connectivity index (χ4n) is 1.89. The highest BCUT2D eigenvalue weighted by atomic mass is 32.2. The van der Waals surface area contributed by atoms with E-state index in [2.05, 4.69) is 36.2 Å². The molecule has 1 aromatic heterocycles. The van der Waals surface area contributed by atoms with Gasteiger partial charge in [-0.05, 0) is 24.6 Å². The van der Waals surface area contributed by atoms with Crippen molar-refractivity contribution in [3.63, 3.8) is 0 Å². The first-order valence-electron chi connectivity index (χ1n) is 6.30. The first-order chi connectivity index (χ1) is 9.72. The van der Waals surface area contributed by atoms with Crippen molar-refractivity contribution in [2.45, 2.75) is 17.9 Å². The largest absolute Gasteiger partial charge is 0.397 e. The van der Waals surface area contributed by atoms with Gasteiger partial charge in [-0.15, -0.1) is 0 Å². The zero-order valence-corrected chi connectivity index (χ0v) is 11.8. The molecule has 0 saturated carbocycles. The van der Waals surface area contributed by atoms with Gasteiger partial charge in [-0.2, -0.15) is 0 Å². The van der Waals surface area contributed by atoms with Gasteiger partial charge in [-0.3, -0.25) is 0 Å². The first kappa shape index (κ1) is 12.9. The van der Waals surface area contributed by atoms with Gasteiger partial charge < -0.3 is 4.42 Å². The summed E-state index contributed by atoms with van der Waals surface area (Å²) in [6.45, 7) is 2.06. The van der Waals surface area contributed by atoms with Crippen LogP contribution >= 0.6 is 11.8 Å². The molecular weight excluding hydrogens is 270 g/mol. The Bertz CT molecular complexity index is 793. The Hall–Kier alpha value is -2.07. The Morgan fingerprint density at radius 3 is 2.65 bits per heavy atom. The van der Waals surface area contributed by atoms with Gasteiger partial charge in [0.25, 0.3) is 5.22 Å². The molecule has 0 bridgehead atoms. The summed E-state index contributed by atoms with van der Waals surface area (Å²) >= 11 is 1.43. The lowest BCUT2D eigenvalue weighted by atomic mass is 10.2. The Balaban J connectivity index is 1.84. The zero-order valence-electron chi connectivity index (χ0n) is 11.0. The SMILES string of the molecule is Cc1ccc(CSc2nc3ccccc3c(=O)o2)cc1. The van der Waals surface area contributed by atoms with Gasteiger partial charge in [0.1, 0.15) is 0 Å².